The topological polar surface area (TPSA) is 37.3 Å². The molecule has 0 aliphatic heterocycles. The second-order valence-electron chi connectivity index (χ2n) is 6.03. The largest absolute Gasteiger partial charge is 0.380 e. The Balaban J connectivity index is 2.29. The van der Waals surface area contributed by atoms with Gasteiger partial charge in [-0.3, -0.25) is 4.79 Å². The van der Waals surface area contributed by atoms with Gasteiger partial charge in [-0.2, -0.15) is 0 Å². The molecule has 2 aromatic rings. The van der Waals surface area contributed by atoms with E-state index in [-0.39, 0.29) is 5.78 Å². The fourth-order valence-corrected chi connectivity index (χ4v) is 3.80. The van der Waals surface area contributed by atoms with Crippen LogP contribution in [0.25, 0.3) is 5.57 Å². The second kappa shape index (κ2) is 6.13. The summed E-state index contributed by atoms with van der Waals surface area (Å²) in [6.45, 7) is 3.96. The van der Waals surface area contributed by atoms with Crippen molar-refractivity contribution in [3.8, 4) is 0 Å². The molecule has 1 aliphatic carbocycles. The molecule has 0 aromatic heterocycles. The first-order valence-electron chi connectivity index (χ1n) is 8.25. The number of carbonyl (C=O) groups is 1. The van der Waals surface area contributed by atoms with Crippen molar-refractivity contribution in [2.45, 2.75) is 32.3 Å². The van der Waals surface area contributed by atoms with Gasteiger partial charge in [0.25, 0.3) is 0 Å². The van der Waals surface area contributed by atoms with Crippen LogP contribution in [-0.4, -0.2) is 10.9 Å². The Morgan fingerprint density at radius 2 is 1.52 bits per heavy atom. The summed E-state index contributed by atoms with van der Waals surface area (Å²) in [5, 5.41) is 11.7. The van der Waals surface area contributed by atoms with E-state index in [1.165, 1.54) is 0 Å². The Hall–Kier alpha value is -2.19. The van der Waals surface area contributed by atoms with Crippen LogP contribution in [-0.2, 0) is 10.4 Å². The van der Waals surface area contributed by atoms with Crippen LogP contribution < -0.4 is 0 Å². The molecule has 0 radical (unpaired) electrons. The van der Waals surface area contributed by atoms with E-state index < -0.39 is 11.5 Å². The van der Waals surface area contributed by atoms with E-state index in [9.17, 15) is 9.90 Å². The summed E-state index contributed by atoms with van der Waals surface area (Å²) in [5.41, 5.74) is 2.01. The molecule has 0 spiro atoms. The van der Waals surface area contributed by atoms with E-state index in [4.69, 9.17) is 0 Å². The predicted octanol–water partition coefficient (Wildman–Crippen LogP) is 4.35. The molecule has 0 bridgehead atoms. The number of allylic oxidation sites excluding steroid dienone is 1. The minimum atomic E-state index is -1.25. The first-order chi connectivity index (χ1) is 11.1. The number of hydrogen-bond acceptors (Lipinski definition) is 2. The number of carbonyl (C=O) groups excluding carboxylic acids is 1. The van der Waals surface area contributed by atoms with Crippen molar-refractivity contribution >= 4 is 11.4 Å². The van der Waals surface area contributed by atoms with E-state index in [1.54, 1.807) is 0 Å². The molecule has 2 heteroatoms. The Morgan fingerprint density at radius 1 is 0.957 bits per heavy atom. The SMILES string of the molecule is CCC1=C(c2ccccc2)[C@](O)(c2ccccc2)[C@@H](CC)C1=O. The van der Waals surface area contributed by atoms with Gasteiger partial charge < -0.3 is 5.11 Å². The van der Waals surface area contributed by atoms with Crippen LogP contribution in [0.5, 0.6) is 0 Å². The fourth-order valence-electron chi connectivity index (χ4n) is 3.80. The molecule has 23 heavy (non-hydrogen) atoms. The average Bonchev–Trinajstić information content (AvgIpc) is 2.83. The van der Waals surface area contributed by atoms with Crippen LogP contribution in [0.15, 0.2) is 66.2 Å². The Morgan fingerprint density at radius 3 is 2.04 bits per heavy atom. The minimum Gasteiger partial charge on any atom is -0.380 e. The van der Waals surface area contributed by atoms with E-state index in [0.29, 0.717) is 12.8 Å². The Bertz CT molecular complexity index is 731. The van der Waals surface area contributed by atoms with Crippen molar-refractivity contribution in [2.24, 2.45) is 5.92 Å². The van der Waals surface area contributed by atoms with E-state index in [0.717, 1.165) is 22.3 Å². The van der Waals surface area contributed by atoms with Crippen molar-refractivity contribution in [1.82, 2.24) is 0 Å². The van der Waals surface area contributed by atoms with E-state index >= 15 is 0 Å². The molecular formula is C21H22O2. The highest BCUT2D eigenvalue weighted by atomic mass is 16.3. The van der Waals surface area contributed by atoms with Gasteiger partial charge in [0.2, 0.25) is 0 Å². The van der Waals surface area contributed by atoms with Crippen LogP contribution in [0.1, 0.15) is 37.8 Å². The normalized spacial score (nSPS) is 24.3. The maximum atomic E-state index is 12.9. The zero-order valence-corrected chi connectivity index (χ0v) is 13.6. The zero-order chi connectivity index (χ0) is 16.4. The van der Waals surface area contributed by atoms with Crippen molar-refractivity contribution in [2.75, 3.05) is 0 Å². The van der Waals surface area contributed by atoms with Gasteiger partial charge in [0, 0.05) is 11.1 Å². The van der Waals surface area contributed by atoms with Gasteiger partial charge in [-0.15, -0.1) is 0 Å². The van der Waals surface area contributed by atoms with Crippen molar-refractivity contribution in [3.63, 3.8) is 0 Å². The third-order valence-electron chi connectivity index (χ3n) is 4.84. The van der Waals surface area contributed by atoms with Crippen LogP contribution in [0.2, 0.25) is 0 Å². The number of rotatable bonds is 4. The van der Waals surface area contributed by atoms with Gasteiger partial charge >= 0.3 is 0 Å². The average molecular weight is 306 g/mol. The minimum absolute atomic E-state index is 0.0835. The standard InChI is InChI=1S/C21H22O2/c1-3-17-19(15-11-7-5-8-12-15)21(23,18(4-2)20(17)22)16-13-9-6-10-14-16/h5-14,18,23H,3-4H2,1-2H3/t18-,21-/m0/s1. The summed E-state index contributed by atoms with van der Waals surface area (Å²) in [7, 11) is 0. The summed E-state index contributed by atoms with van der Waals surface area (Å²) in [6, 6.07) is 19.4. The molecule has 1 aliphatic rings. The molecule has 0 saturated carbocycles. The van der Waals surface area contributed by atoms with Crippen LogP contribution >= 0.6 is 0 Å². The lowest BCUT2D eigenvalue weighted by molar-refractivity contribution is -0.123. The van der Waals surface area contributed by atoms with Gasteiger partial charge in [0.15, 0.2) is 5.78 Å². The maximum Gasteiger partial charge on any atom is 0.165 e. The Kier molecular flexibility index (Phi) is 4.18. The Labute approximate surface area is 137 Å². The molecule has 2 aromatic carbocycles. The molecule has 0 unspecified atom stereocenters. The molecule has 0 fully saturated rings. The summed E-state index contributed by atoms with van der Waals surface area (Å²) in [6.07, 6.45) is 1.25. The number of benzene rings is 2. The molecule has 2 atom stereocenters. The number of ketones is 1. The summed E-state index contributed by atoms with van der Waals surface area (Å²) in [5.74, 6) is -0.338. The quantitative estimate of drug-likeness (QED) is 0.912. The zero-order valence-electron chi connectivity index (χ0n) is 13.6. The van der Waals surface area contributed by atoms with Gasteiger partial charge in [-0.25, -0.2) is 0 Å². The first-order valence-corrected chi connectivity index (χ1v) is 8.25. The highest BCUT2D eigenvalue weighted by Crippen LogP contribution is 2.52. The lowest BCUT2D eigenvalue weighted by atomic mass is 9.76. The summed E-state index contributed by atoms with van der Waals surface area (Å²) < 4.78 is 0. The van der Waals surface area contributed by atoms with Crippen molar-refractivity contribution in [3.05, 3.63) is 77.4 Å². The summed E-state index contributed by atoms with van der Waals surface area (Å²) >= 11 is 0. The highest BCUT2D eigenvalue weighted by Gasteiger charge is 2.52. The predicted molar refractivity (Wildman–Crippen MR) is 92.8 cm³/mol. The van der Waals surface area contributed by atoms with Gasteiger partial charge in [-0.1, -0.05) is 74.5 Å². The lowest BCUT2D eigenvalue weighted by Crippen LogP contribution is -2.35. The molecule has 118 valence electrons. The number of hydrogen-bond donors (Lipinski definition) is 1. The maximum absolute atomic E-state index is 12.9. The molecule has 0 heterocycles. The fraction of sp³-hybridized carbons (Fsp3) is 0.286. The van der Waals surface area contributed by atoms with Crippen molar-refractivity contribution in [1.29, 1.82) is 0 Å². The van der Waals surface area contributed by atoms with E-state index in [2.05, 4.69) is 0 Å². The molecule has 3 rings (SSSR count). The van der Waals surface area contributed by atoms with Crippen LogP contribution in [0.4, 0.5) is 0 Å². The summed E-state index contributed by atoms with van der Waals surface area (Å²) in [4.78, 5) is 12.9. The molecular weight excluding hydrogens is 284 g/mol. The lowest BCUT2D eigenvalue weighted by Gasteiger charge is -2.32. The first kappa shape index (κ1) is 15.7. The van der Waals surface area contributed by atoms with Gasteiger partial charge in [-0.05, 0) is 24.0 Å². The molecule has 0 saturated heterocycles. The highest BCUT2D eigenvalue weighted by molar-refractivity contribution is 6.11. The van der Waals surface area contributed by atoms with Crippen LogP contribution in [0, 0.1) is 5.92 Å². The third kappa shape index (κ3) is 2.34. The monoisotopic (exact) mass is 306 g/mol. The van der Waals surface area contributed by atoms with Gasteiger partial charge in [0.1, 0.15) is 5.60 Å². The molecule has 0 amide bonds. The molecule has 1 N–H and O–H groups in total. The van der Waals surface area contributed by atoms with Gasteiger partial charge in [0.05, 0.1) is 5.92 Å². The number of aliphatic hydroxyl groups is 1. The smallest absolute Gasteiger partial charge is 0.165 e. The molecule has 2 nitrogen and oxygen atoms in total. The number of Topliss-reactive ketones (excluding diaryl/α,β-unsaturated/α-hetero) is 1. The van der Waals surface area contributed by atoms with Crippen molar-refractivity contribution < 1.29 is 9.90 Å². The third-order valence-corrected chi connectivity index (χ3v) is 4.84. The second-order valence-corrected chi connectivity index (χ2v) is 6.03. The van der Waals surface area contributed by atoms with Crippen LogP contribution in [0.3, 0.4) is 0 Å². The van der Waals surface area contributed by atoms with E-state index in [1.807, 2.05) is 74.5 Å².